The molecule has 25 heavy (non-hydrogen) atoms. The van der Waals surface area contributed by atoms with Gasteiger partial charge in [-0.15, -0.1) is 0 Å². The molecule has 1 amide bonds. The molecule has 0 aliphatic carbocycles. The summed E-state index contributed by atoms with van der Waals surface area (Å²) < 4.78 is 0. The Morgan fingerprint density at radius 3 is 2.44 bits per heavy atom. The highest BCUT2D eigenvalue weighted by Crippen LogP contribution is 2.17. The van der Waals surface area contributed by atoms with Gasteiger partial charge in [0.05, 0.1) is 0 Å². The Kier molecular flexibility index (Phi) is 5.59. The van der Waals surface area contributed by atoms with Crippen molar-refractivity contribution >= 4 is 17.3 Å². The molecular weight excluding hydrogens is 310 g/mol. The fourth-order valence-corrected chi connectivity index (χ4v) is 3.29. The van der Waals surface area contributed by atoms with Crippen LogP contribution >= 0.6 is 0 Å². The maximum absolute atomic E-state index is 12.7. The molecule has 1 aliphatic rings. The number of carbonyl (C=O) groups is 1. The van der Waals surface area contributed by atoms with Crippen molar-refractivity contribution in [3.8, 4) is 0 Å². The number of hydrogen-bond donors (Lipinski definition) is 1. The SMILES string of the molecule is CCc1cccc(NC(C)C(=O)N2CCN(c3ccccc3)CC2)c1. The first-order valence-electron chi connectivity index (χ1n) is 9.11. The Morgan fingerprint density at radius 2 is 1.76 bits per heavy atom. The zero-order valence-corrected chi connectivity index (χ0v) is 15.1. The van der Waals surface area contributed by atoms with E-state index in [2.05, 4.69) is 53.5 Å². The summed E-state index contributed by atoms with van der Waals surface area (Å²) in [6.45, 7) is 7.40. The second kappa shape index (κ2) is 8.06. The highest BCUT2D eigenvalue weighted by molar-refractivity contribution is 5.84. The third-order valence-corrected chi connectivity index (χ3v) is 4.80. The summed E-state index contributed by atoms with van der Waals surface area (Å²) in [5.74, 6) is 0.176. The van der Waals surface area contributed by atoms with Gasteiger partial charge in [-0.25, -0.2) is 0 Å². The molecular formula is C21H27N3O. The molecule has 1 fully saturated rings. The van der Waals surface area contributed by atoms with E-state index in [1.54, 1.807) is 0 Å². The minimum Gasteiger partial charge on any atom is -0.374 e. The summed E-state index contributed by atoms with van der Waals surface area (Å²) in [4.78, 5) is 17.1. The Hall–Kier alpha value is -2.49. The number of nitrogens with one attached hydrogen (secondary N) is 1. The van der Waals surface area contributed by atoms with Gasteiger partial charge in [0.2, 0.25) is 5.91 Å². The summed E-state index contributed by atoms with van der Waals surface area (Å²) in [6.07, 6.45) is 0.999. The van der Waals surface area contributed by atoms with Crippen LogP contribution < -0.4 is 10.2 Å². The van der Waals surface area contributed by atoms with Crippen molar-refractivity contribution in [1.29, 1.82) is 0 Å². The van der Waals surface area contributed by atoms with Crippen LogP contribution in [0.5, 0.6) is 0 Å². The van der Waals surface area contributed by atoms with Crippen molar-refractivity contribution in [2.75, 3.05) is 36.4 Å². The number of anilines is 2. The normalized spacial score (nSPS) is 15.8. The topological polar surface area (TPSA) is 35.6 Å². The number of para-hydroxylation sites is 1. The minimum atomic E-state index is -0.213. The third-order valence-electron chi connectivity index (χ3n) is 4.80. The molecule has 1 unspecified atom stereocenters. The number of aryl methyl sites for hydroxylation is 1. The quantitative estimate of drug-likeness (QED) is 0.908. The number of piperazine rings is 1. The number of carbonyl (C=O) groups excluding carboxylic acids is 1. The third kappa shape index (κ3) is 4.32. The molecule has 2 aromatic rings. The Bertz CT molecular complexity index is 693. The summed E-state index contributed by atoms with van der Waals surface area (Å²) in [6, 6.07) is 18.5. The molecule has 0 bridgehead atoms. The highest BCUT2D eigenvalue weighted by atomic mass is 16.2. The molecule has 1 atom stereocenters. The van der Waals surface area contributed by atoms with Crippen LogP contribution in [0, 0.1) is 0 Å². The van der Waals surface area contributed by atoms with Gasteiger partial charge in [-0.3, -0.25) is 4.79 Å². The van der Waals surface area contributed by atoms with E-state index < -0.39 is 0 Å². The van der Waals surface area contributed by atoms with Gasteiger partial charge in [0, 0.05) is 37.6 Å². The van der Waals surface area contributed by atoms with Crippen LogP contribution in [0.2, 0.25) is 0 Å². The predicted molar refractivity (Wildman–Crippen MR) is 104 cm³/mol. The van der Waals surface area contributed by atoms with E-state index in [1.807, 2.05) is 30.0 Å². The van der Waals surface area contributed by atoms with Gasteiger partial charge in [0.1, 0.15) is 6.04 Å². The number of benzene rings is 2. The van der Waals surface area contributed by atoms with Crippen LogP contribution in [0.4, 0.5) is 11.4 Å². The van der Waals surface area contributed by atoms with Gasteiger partial charge < -0.3 is 15.1 Å². The molecule has 0 aromatic heterocycles. The Labute approximate surface area is 150 Å². The van der Waals surface area contributed by atoms with Crippen molar-refractivity contribution in [3.63, 3.8) is 0 Å². The lowest BCUT2D eigenvalue weighted by Crippen LogP contribution is -2.52. The molecule has 2 aromatic carbocycles. The van der Waals surface area contributed by atoms with Gasteiger partial charge >= 0.3 is 0 Å². The van der Waals surface area contributed by atoms with E-state index in [4.69, 9.17) is 0 Å². The molecule has 0 radical (unpaired) electrons. The van der Waals surface area contributed by atoms with Crippen molar-refractivity contribution in [2.24, 2.45) is 0 Å². The fraction of sp³-hybridized carbons (Fsp3) is 0.381. The number of nitrogens with zero attached hydrogens (tertiary/aromatic N) is 2. The second-order valence-electron chi connectivity index (χ2n) is 6.57. The van der Waals surface area contributed by atoms with Crippen LogP contribution in [-0.4, -0.2) is 43.0 Å². The molecule has 132 valence electrons. The van der Waals surface area contributed by atoms with Crippen LogP contribution in [0.15, 0.2) is 54.6 Å². The lowest BCUT2D eigenvalue weighted by molar-refractivity contribution is -0.131. The Balaban J connectivity index is 1.54. The van der Waals surface area contributed by atoms with E-state index in [0.29, 0.717) is 0 Å². The standard InChI is InChI=1S/C21H27N3O/c1-3-18-8-7-9-19(16-18)22-17(2)21(25)24-14-12-23(13-15-24)20-10-5-4-6-11-20/h4-11,16-17,22H,3,12-15H2,1-2H3. The first-order valence-corrected chi connectivity index (χ1v) is 9.11. The maximum Gasteiger partial charge on any atom is 0.244 e. The molecule has 0 spiro atoms. The van der Waals surface area contributed by atoms with Gasteiger partial charge in [-0.2, -0.15) is 0 Å². The molecule has 1 N–H and O–H groups in total. The smallest absolute Gasteiger partial charge is 0.244 e. The van der Waals surface area contributed by atoms with Gasteiger partial charge in [-0.05, 0) is 43.2 Å². The fourth-order valence-electron chi connectivity index (χ4n) is 3.29. The van der Waals surface area contributed by atoms with Crippen LogP contribution in [0.3, 0.4) is 0 Å². The molecule has 1 aliphatic heterocycles. The van der Waals surface area contributed by atoms with Gasteiger partial charge in [0.15, 0.2) is 0 Å². The van der Waals surface area contributed by atoms with Gasteiger partial charge in [-0.1, -0.05) is 37.3 Å². The maximum atomic E-state index is 12.7. The Morgan fingerprint density at radius 1 is 1.04 bits per heavy atom. The molecule has 4 heteroatoms. The number of rotatable bonds is 5. The minimum absolute atomic E-state index is 0.176. The zero-order chi connectivity index (χ0) is 17.6. The van der Waals surface area contributed by atoms with E-state index >= 15 is 0 Å². The van der Waals surface area contributed by atoms with Crippen LogP contribution in [0.1, 0.15) is 19.4 Å². The second-order valence-corrected chi connectivity index (χ2v) is 6.57. The summed E-state index contributed by atoms with van der Waals surface area (Å²) in [5.41, 5.74) is 3.53. The molecule has 4 nitrogen and oxygen atoms in total. The first kappa shape index (κ1) is 17.3. The summed E-state index contributed by atoms with van der Waals surface area (Å²) >= 11 is 0. The summed E-state index contributed by atoms with van der Waals surface area (Å²) in [7, 11) is 0. The van der Waals surface area contributed by atoms with Crippen molar-refractivity contribution < 1.29 is 4.79 Å². The molecule has 0 saturated carbocycles. The lowest BCUT2D eigenvalue weighted by Gasteiger charge is -2.37. The van der Waals surface area contributed by atoms with E-state index in [9.17, 15) is 4.79 Å². The number of hydrogen-bond acceptors (Lipinski definition) is 3. The zero-order valence-electron chi connectivity index (χ0n) is 15.1. The molecule has 3 rings (SSSR count). The van der Waals surface area contributed by atoms with Crippen LogP contribution in [0.25, 0.3) is 0 Å². The number of amides is 1. The van der Waals surface area contributed by atoms with Crippen LogP contribution in [-0.2, 0) is 11.2 Å². The van der Waals surface area contributed by atoms with Gasteiger partial charge in [0.25, 0.3) is 0 Å². The monoisotopic (exact) mass is 337 g/mol. The largest absolute Gasteiger partial charge is 0.374 e. The van der Waals surface area contributed by atoms with Crippen molar-refractivity contribution in [2.45, 2.75) is 26.3 Å². The lowest BCUT2D eigenvalue weighted by atomic mass is 10.1. The van der Waals surface area contributed by atoms with E-state index in [0.717, 1.165) is 38.3 Å². The average molecular weight is 337 g/mol. The molecule has 1 saturated heterocycles. The van der Waals surface area contributed by atoms with Crippen molar-refractivity contribution in [3.05, 3.63) is 60.2 Å². The van der Waals surface area contributed by atoms with E-state index in [-0.39, 0.29) is 11.9 Å². The van der Waals surface area contributed by atoms with Crippen molar-refractivity contribution in [1.82, 2.24) is 4.90 Å². The molecule has 1 heterocycles. The average Bonchev–Trinajstić information content (AvgIpc) is 2.68. The predicted octanol–water partition coefficient (Wildman–Crippen LogP) is 3.40. The van der Waals surface area contributed by atoms with E-state index in [1.165, 1.54) is 11.3 Å². The first-order chi connectivity index (χ1) is 12.2. The highest BCUT2D eigenvalue weighted by Gasteiger charge is 2.24. The summed E-state index contributed by atoms with van der Waals surface area (Å²) in [5, 5.41) is 3.35.